The van der Waals surface area contributed by atoms with Gasteiger partial charge in [0.25, 0.3) is 0 Å². The number of carbonyl (C=O) groups is 2. The second kappa shape index (κ2) is 4.78. The van der Waals surface area contributed by atoms with Crippen molar-refractivity contribution in [1.82, 2.24) is 0 Å². The van der Waals surface area contributed by atoms with E-state index in [2.05, 4.69) is 0 Å². The molecular formula is C13H15NO4. The van der Waals surface area contributed by atoms with Crippen LogP contribution < -0.4 is 4.90 Å². The van der Waals surface area contributed by atoms with Crippen LogP contribution in [0.5, 0.6) is 0 Å². The van der Waals surface area contributed by atoms with Gasteiger partial charge in [-0.25, -0.2) is 4.79 Å². The van der Waals surface area contributed by atoms with Crippen molar-refractivity contribution in [1.29, 1.82) is 0 Å². The number of hydrogen-bond acceptors (Lipinski definition) is 3. The first-order valence-corrected chi connectivity index (χ1v) is 5.78. The van der Waals surface area contributed by atoms with Crippen LogP contribution in [0.2, 0.25) is 0 Å². The van der Waals surface area contributed by atoms with Gasteiger partial charge in [0.15, 0.2) is 0 Å². The lowest BCUT2D eigenvalue weighted by Gasteiger charge is -2.19. The predicted molar refractivity (Wildman–Crippen MR) is 65.7 cm³/mol. The summed E-state index contributed by atoms with van der Waals surface area (Å²) in [5.74, 6) is -1.29. The summed E-state index contributed by atoms with van der Waals surface area (Å²) in [4.78, 5) is 24.6. The molecule has 2 rings (SSSR count). The fourth-order valence-corrected chi connectivity index (χ4v) is 2.29. The molecule has 1 aromatic carbocycles. The third-order valence-corrected chi connectivity index (χ3v) is 3.22. The predicted octanol–water partition coefficient (Wildman–Crippen LogP) is 1.04. The van der Waals surface area contributed by atoms with Crippen LogP contribution in [0.15, 0.2) is 18.2 Å². The van der Waals surface area contributed by atoms with Crippen LogP contribution in [0.1, 0.15) is 22.3 Å². The molecule has 1 aliphatic rings. The summed E-state index contributed by atoms with van der Waals surface area (Å²) in [6.45, 7) is 2.02. The summed E-state index contributed by atoms with van der Waals surface area (Å²) in [5.41, 5.74) is 1.20. The van der Waals surface area contributed by atoms with E-state index in [1.165, 1.54) is 4.90 Å². The number of aliphatic hydroxyl groups excluding tert-OH is 1. The normalized spacial score (nSPS) is 19.3. The number of carbonyl (C=O) groups excluding carboxylic acids is 1. The average Bonchev–Trinajstić information content (AvgIpc) is 2.69. The number of amides is 1. The van der Waals surface area contributed by atoms with Gasteiger partial charge in [0.2, 0.25) is 5.91 Å². The van der Waals surface area contributed by atoms with Gasteiger partial charge < -0.3 is 15.1 Å². The molecule has 0 spiro atoms. The highest BCUT2D eigenvalue weighted by molar-refractivity contribution is 6.04. The minimum atomic E-state index is -1.04. The lowest BCUT2D eigenvalue weighted by atomic mass is 10.1. The average molecular weight is 249 g/mol. The largest absolute Gasteiger partial charge is 0.478 e. The Balaban J connectivity index is 2.43. The number of aliphatic hydroxyl groups is 1. The van der Waals surface area contributed by atoms with E-state index in [9.17, 15) is 14.7 Å². The standard InChI is InChI=1S/C13H15NO4/c1-8-3-2-4-10(12(8)13(17)18)14-6-9(7-15)5-11(14)16/h2-4,9,15H,5-7H2,1H3,(H,17,18). The maximum Gasteiger partial charge on any atom is 0.338 e. The quantitative estimate of drug-likeness (QED) is 0.839. The monoisotopic (exact) mass is 249 g/mol. The SMILES string of the molecule is Cc1cccc(N2CC(CO)CC2=O)c1C(=O)O. The van der Waals surface area contributed by atoms with E-state index in [1.807, 2.05) is 0 Å². The van der Waals surface area contributed by atoms with Crippen LogP contribution in [0.25, 0.3) is 0 Å². The van der Waals surface area contributed by atoms with Gasteiger partial charge in [-0.1, -0.05) is 12.1 Å². The lowest BCUT2D eigenvalue weighted by Crippen LogP contribution is -2.27. The van der Waals surface area contributed by atoms with Crippen molar-refractivity contribution in [3.05, 3.63) is 29.3 Å². The fraction of sp³-hybridized carbons (Fsp3) is 0.385. The molecule has 0 saturated carbocycles. The molecule has 1 aromatic rings. The number of rotatable bonds is 3. The van der Waals surface area contributed by atoms with Gasteiger partial charge in [-0.15, -0.1) is 0 Å². The van der Waals surface area contributed by atoms with E-state index in [1.54, 1.807) is 25.1 Å². The number of anilines is 1. The molecule has 96 valence electrons. The Morgan fingerprint density at radius 1 is 1.50 bits per heavy atom. The number of nitrogens with zero attached hydrogens (tertiary/aromatic N) is 1. The molecule has 2 N–H and O–H groups in total. The van der Waals surface area contributed by atoms with Gasteiger partial charge in [-0.3, -0.25) is 4.79 Å². The summed E-state index contributed by atoms with van der Waals surface area (Å²) in [6, 6.07) is 5.07. The second-order valence-electron chi connectivity index (χ2n) is 4.53. The van der Waals surface area contributed by atoms with E-state index in [4.69, 9.17) is 5.11 Å². The number of carboxylic acids is 1. The smallest absolute Gasteiger partial charge is 0.338 e. The topological polar surface area (TPSA) is 77.8 Å². The molecule has 1 unspecified atom stereocenters. The third-order valence-electron chi connectivity index (χ3n) is 3.22. The maximum absolute atomic E-state index is 11.9. The van der Waals surface area contributed by atoms with E-state index in [0.29, 0.717) is 17.8 Å². The Hall–Kier alpha value is -1.88. The Bertz CT molecular complexity index is 498. The van der Waals surface area contributed by atoms with Crippen LogP contribution >= 0.6 is 0 Å². The molecule has 0 radical (unpaired) electrons. The van der Waals surface area contributed by atoms with Crippen LogP contribution in [0, 0.1) is 12.8 Å². The minimum absolute atomic E-state index is 0.0591. The second-order valence-corrected chi connectivity index (χ2v) is 4.53. The van der Waals surface area contributed by atoms with Gasteiger partial charge in [0, 0.05) is 25.5 Å². The first-order chi connectivity index (χ1) is 8.54. The van der Waals surface area contributed by atoms with E-state index < -0.39 is 5.97 Å². The zero-order valence-electron chi connectivity index (χ0n) is 10.1. The summed E-state index contributed by atoms with van der Waals surface area (Å²) in [6.07, 6.45) is 0.267. The number of aromatic carboxylic acids is 1. The van der Waals surface area contributed by atoms with E-state index in [-0.39, 0.29) is 30.4 Å². The van der Waals surface area contributed by atoms with Crippen molar-refractivity contribution >= 4 is 17.6 Å². The number of carboxylic acid groups (broad SMARTS) is 1. The van der Waals surface area contributed by atoms with Crippen molar-refractivity contribution in [3.63, 3.8) is 0 Å². The van der Waals surface area contributed by atoms with Gasteiger partial charge in [-0.2, -0.15) is 0 Å². The third kappa shape index (κ3) is 2.09. The van der Waals surface area contributed by atoms with Crippen molar-refractivity contribution in [3.8, 4) is 0 Å². The molecule has 1 atom stereocenters. The molecule has 0 bridgehead atoms. The first kappa shape index (κ1) is 12.6. The van der Waals surface area contributed by atoms with Crippen molar-refractivity contribution in [2.75, 3.05) is 18.1 Å². The molecule has 1 fully saturated rings. The van der Waals surface area contributed by atoms with Crippen LogP contribution in [-0.2, 0) is 4.79 Å². The van der Waals surface area contributed by atoms with E-state index in [0.717, 1.165) is 0 Å². The number of hydrogen-bond donors (Lipinski definition) is 2. The van der Waals surface area contributed by atoms with Crippen LogP contribution in [0.3, 0.4) is 0 Å². The van der Waals surface area contributed by atoms with Crippen molar-refractivity contribution in [2.24, 2.45) is 5.92 Å². The van der Waals surface area contributed by atoms with Gasteiger partial charge in [-0.05, 0) is 18.6 Å². The zero-order valence-corrected chi connectivity index (χ0v) is 10.1. The van der Waals surface area contributed by atoms with E-state index >= 15 is 0 Å². The summed E-state index contributed by atoms with van der Waals surface area (Å²) in [5, 5.41) is 18.3. The number of aryl methyl sites for hydroxylation is 1. The lowest BCUT2D eigenvalue weighted by molar-refractivity contribution is -0.117. The highest BCUT2D eigenvalue weighted by Crippen LogP contribution is 2.29. The molecule has 5 heteroatoms. The Morgan fingerprint density at radius 3 is 2.78 bits per heavy atom. The van der Waals surface area contributed by atoms with Crippen molar-refractivity contribution < 1.29 is 19.8 Å². The first-order valence-electron chi connectivity index (χ1n) is 5.78. The highest BCUT2D eigenvalue weighted by Gasteiger charge is 2.32. The van der Waals surface area contributed by atoms with Crippen LogP contribution in [-0.4, -0.2) is 35.2 Å². The van der Waals surface area contributed by atoms with Gasteiger partial charge in [0.05, 0.1) is 11.3 Å². The highest BCUT2D eigenvalue weighted by atomic mass is 16.4. The molecule has 1 amide bonds. The molecule has 5 nitrogen and oxygen atoms in total. The van der Waals surface area contributed by atoms with Gasteiger partial charge in [0.1, 0.15) is 0 Å². The molecule has 1 saturated heterocycles. The zero-order chi connectivity index (χ0) is 13.3. The summed E-state index contributed by atoms with van der Waals surface area (Å²) in [7, 11) is 0. The van der Waals surface area contributed by atoms with Crippen LogP contribution in [0.4, 0.5) is 5.69 Å². The molecule has 0 aliphatic carbocycles. The summed E-state index contributed by atoms with van der Waals surface area (Å²) >= 11 is 0. The van der Waals surface area contributed by atoms with Gasteiger partial charge >= 0.3 is 5.97 Å². The molecule has 1 heterocycles. The molecule has 0 aromatic heterocycles. The molecule has 1 aliphatic heterocycles. The minimum Gasteiger partial charge on any atom is -0.478 e. The van der Waals surface area contributed by atoms with Crippen molar-refractivity contribution in [2.45, 2.75) is 13.3 Å². The summed E-state index contributed by atoms with van der Waals surface area (Å²) < 4.78 is 0. The Kier molecular flexibility index (Phi) is 3.34. The Morgan fingerprint density at radius 2 is 2.22 bits per heavy atom. The molecular weight excluding hydrogens is 234 g/mol. The Labute approximate surface area is 105 Å². The maximum atomic E-state index is 11.9. The number of benzene rings is 1. The fourth-order valence-electron chi connectivity index (χ4n) is 2.29. The molecule has 18 heavy (non-hydrogen) atoms.